The van der Waals surface area contributed by atoms with Crippen LogP contribution >= 0.6 is 27.5 Å². The number of halogens is 2. The van der Waals surface area contributed by atoms with Gasteiger partial charge in [0.25, 0.3) is 5.69 Å². The van der Waals surface area contributed by atoms with E-state index in [-0.39, 0.29) is 27.5 Å². The molecule has 2 rings (SSSR count). The summed E-state index contributed by atoms with van der Waals surface area (Å²) < 4.78 is 5.82. The highest BCUT2D eigenvalue weighted by molar-refractivity contribution is 9.10. The van der Waals surface area contributed by atoms with Gasteiger partial charge in [-0.1, -0.05) is 17.7 Å². The zero-order valence-electron chi connectivity index (χ0n) is 10.5. The van der Waals surface area contributed by atoms with Crippen LogP contribution in [0.2, 0.25) is 5.02 Å². The first kappa shape index (κ1) is 15.3. The lowest BCUT2D eigenvalue weighted by atomic mass is 10.2. The summed E-state index contributed by atoms with van der Waals surface area (Å²) in [6.45, 7) is 0. The van der Waals surface area contributed by atoms with E-state index in [0.717, 1.165) is 0 Å². The number of nitro benzene ring substituents is 1. The lowest BCUT2D eigenvalue weighted by molar-refractivity contribution is -0.385. The molecule has 0 bridgehead atoms. The minimum Gasteiger partial charge on any atom is -0.455 e. The van der Waals surface area contributed by atoms with Gasteiger partial charge in [-0.25, -0.2) is 0 Å². The molecule has 8 heteroatoms. The Labute approximate surface area is 133 Å². The Kier molecular flexibility index (Phi) is 4.44. The van der Waals surface area contributed by atoms with Crippen molar-refractivity contribution in [1.82, 2.24) is 0 Å². The van der Waals surface area contributed by atoms with Gasteiger partial charge < -0.3 is 10.5 Å². The first-order valence-corrected chi connectivity index (χ1v) is 6.82. The van der Waals surface area contributed by atoms with Crippen molar-refractivity contribution in [2.45, 2.75) is 0 Å². The van der Waals surface area contributed by atoms with Crippen molar-refractivity contribution < 1.29 is 9.66 Å². The van der Waals surface area contributed by atoms with Gasteiger partial charge in [-0.2, -0.15) is 0 Å². The summed E-state index contributed by atoms with van der Waals surface area (Å²) in [5, 5.41) is 18.8. The molecule has 0 aliphatic carbocycles. The summed E-state index contributed by atoms with van der Waals surface area (Å²) in [5.41, 5.74) is 5.66. The van der Waals surface area contributed by atoms with E-state index in [4.69, 9.17) is 27.5 Å². The highest BCUT2D eigenvalue weighted by Gasteiger charge is 2.18. The maximum Gasteiger partial charge on any atom is 0.287 e. The zero-order chi connectivity index (χ0) is 15.6. The fourth-order valence-corrected chi connectivity index (χ4v) is 2.30. The number of nitro groups is 1. The van der Waals surface area contributed by atoms with Crippen molar-refractivity contribution in [1.29, 1.82) is 5.41 Å². The summed E-state index contributed by atoms with van der Waals surface area (Å²) in [5.74, 6) is 0.316. The molecule has 21 heavy (non-hydrogen) atoms. The van der Waals surface area contributed by atoms with E-state index >= 15 is 0 Å². The summed E-state index contributed by atoms with van der Waals surface area (Å²) in [7, 11) is 0. The van der Waals surface area contributed by atoms with Gasteiger partial charge in [0, 0.05) is 11.1 Å². The summed E-state index contributed by atoms with van der Waals surface area (Å²) in [6, 6.07) is 9.03. The Hall–Kier alpha value is -2.12. The number of nitrogens with zero attached hydrogens (tertiary/aromatic N) is 1. The molecule has 3 N–H and O–H groups in total. The Bertz CT molecular complexity index is 737. The van der Waals surface area contributed by atoms with Crippen molar-refractivity contribution in [2.75, 3.05) is 0 Å². The maximum absolute atomic E-state index is 10.9. The van der Waals surface area contributed by atoms with Gasteiger partial charge in [0.2, 0.25) is 0 Å². The lowest BCUT2D eigenvalue weighted by Gasteiger charge is -2.12. The largest absolute Gasteiger partial charge is 0.455 e. The van der Waals surface area contributed by atoms with E-state index < -0.39 is 4.92 Å². The third-order valence-electron chi connectivity index (χ3n) is 2.59. The van der Waals surface area contributed by atoms with Gasteiger partial charge in [-0.15, -0.1) is 0 Å². The molecule has 0 saturated heterocycles. The molecule has 0 unspecified atom stereocenters. The highest BCUT2D eigenvalue weighted by atomic mass is 79.9. The van der Waals surface area contributed by atoms with Gasteiger partial charge in [-0.05, 0) is 40.2 Å². The highest BCUT2D eigenvalue weighted by Crippen LogP contribution is 2.37. The van der Waals surface area contributed by atoms with Crippen molar-refractivity contribution in [3.8, 4) is 11.5 Å². The summed E-state index contributed by atoms with van der Waals surface area (Å²) >= 11 is 8.99. The second-order valence-corrected chi connectivity index (χ2v) is 5.23. The Morgan fingerprint density at radius 2 is 2.05 bits per heavy atom. The lowest BCUT2D eigenvalue weighted by Crippen LogP contribution is -2.12. The van der Waals surface area contributed by atoms with E-state index in [1.165, 1.54) is 18.2 Å². The molecule has 2 aromatic carbocycles. The van der Waals surface area contributed by atoms with E-state index in [0.29, 0.717) is 10.6 Å². The average Bonchev–Trinajstić information content (AvgIpc) is 2.42. The summed E-state index contributed by atoms with van der Waals surface area (Å²) in [4.78, 5) is 10.4. The minimum atomic E-state index is -0.523. The number of hydrogen-bond acceptors (Lipinski definition) is 4. The topological polar surface area (TPSA) is 102 Å². The van der Waals surface area contributed by atoms with Crippen LogP contribution in [0.4, 0.5) is 5.69 Å². The molecule has 0 aliphatic heterocycles. The number of amidine groups is 1. The van der Waals surface area contributed by atoms with Crippen LogP contribution in [-0.4, -0.2) is 10.8 Å². The van der Waals surface area contributed by atoms with Crippen molar-refractivity contribution >= 4 is 39.1 Å². The van der Waals surface area contributed by atoms with Crippen LogP contribution in [0.25, 0.3) is 0 Å². The fraction of sp³-hybridized carbons (Fsp3) is 0. The molecule has 0 aromatic heterocycles. The Morgan fingerprint density at radius 1 is 1.33 bits per heavy atom. The number of benzene rings is 2. The van der Waals surface area contributed by atoms with E-state index in [1.807, 2.05) is 0 Å². The number of nitrogens with two attached hydrogens (primary N) is 1. The molecule has 6 nitrogen and oxygen atoms in total. The van der Waals surface area contributed by atoms with Crippen molar-refractivity contribution in [3.63, 3.8) is 0 Å². The van der Waals surface area contributed by atoms with Crippen LogP contribution in [0, 0.1) is 15.5 Å². The third-order valence-corrected chi connectivity index (χ3v) is 3.62. The molecular weight excluding hydrogens is 362 g/mol. The number of rotatable bonds is 4. The smallest absolute Gasteiger partial charge is 0.287 e. The van der Waals surface area contributed by atoms with Crippen LogP contribution in [0.15, 0.2) is 40.9 Å². The van der Waals surface area contributed by atoms with E-state index in [1.54, 1.807) is 18.2 Å². The molecule has 108 valence electrons. The van der Waals surface area contributed by atoms with Gasteiger partial charge in [0.1, 0.15) is 21.8 Å². The van der Waals surface area contributed by atoms with Crippen LogP contribution in [0.3, 0.4) is 0 Å². The van der Waals surface area contributed by atoms with E-state index in [9.17, 15) is 10.1 Å². The minimum absolute atomic E-state index is 0.120. The first-order chi connectivity index (χ1) is 9.90. The summed E-state index contributed by atoms with van der Waals surface area (Å²) in [6.07, 6.45) is 0. The predicted octanol–water partition coefficient (Wildman–Crippen LogP) is 4.09. The van der Waals surface area contributed by atoms with E-state index in [2.05, 4.69) is 15.9 Å². The standard InChI is InChI=1S/C13H9BrClN3O3/c14-12-9(18(19)20)2-1-3-11(12)21-10-5-4-7(15)6-8(10)13(16)17/h1-6H,(H3,16,17). The first-order valence-electron chi connectivity index (χ1n) is 5.65. The van der Waals surface area contributed by atoms with Crippen molar-refractivity contribution in [3.05, 3.63) is 61.6 Å². The number of hydrogen-bond donors (Lipinski definition) is 2. The Balaban J connectivity index is 2.46. The molecule has 0 fully saturated rings. The van der Waals surface area contributed by atoms with Crippen molar-refractivity contribution in [2.24, 2.45) is 5.73 Å². The molecule has 0 aliphatic rings. The third kappa shape index (κ3) is 3.32. The second kappa shape index (κ2) is 6.11. The van der Waals surface area contributed by atoms with Gasteiger partial charge in [0.05, 0.1) is 10.5 Å². The SMILES string of the molecule is N=C(N)c1cc(Cl)ccc1Oc1cccc([N+](=O)[O-])c1Br. The normalized spacial score (nSPS) is 10.2. The fourth-order valence-electron chi connectivity index (χ4n) is 1.64. The quantitative estimate of drug-likeness (QED) is 0.366. The molecule has 0 saturated carbocycles. The van der Waals surface area contributed by atoms with Gasteiger partial charge in [0.15, 0.2) is 0 Å². The monoisotopic (exact) mass is 369 g/mol. The molecule has 0 atom stereocenters. The molecule has 0 heterocycles. The van der Waals surface area contributed by atoms with Crippen LogP contribution < -0.4 is 10.5 Å². The van der Waals surface area contributed by atoms with Crippen LogP contribution in [0.1, 0.15) is 5.56 Å². The van der Waals surface area contributed by atoms with Crippen LogP contribution in [-0.2, 0) is 0 Å². The maximum atomic E-state index is 10.9. The van der Waals surface area contributed by atoms with Gasteiger partial charge in [-0.3, -0.25) is 15.5 Å². The number of ether oxygens (including phenoxy) is 1. The second-order valence-electron chi connectivity index (χ2n) is 4.00. The molecule has 2 aromatic rings. The zero-order valence-corrected chi connectivity index (χ0v) is 12.8. The molecular formula is C13H9BrClN3O3. The molecule has 0 spiro atoms. The number of nitrogen functional groups attached to an aromatic ring is 1. The molecule has 0 amide bonds. The Morgan fingerprint density at radius 3 is 2.67 bits per heavy atom. The molecule has 0 radical (unpaired) electrons. The van der Waals surface area contributed by atoms with Gasteiger partial charge >= 0.3 is 0 Å². The predicted molar refractivity (Wildman–Crippen MR) is 83.3 cm³/mol. The average molecular weight is 371 g/mol. The van der Waals surface area contributed by atoms with Crippen LogP contribution in [0.5, 0.6) is 11.5 Å². The number of nitrogens with one attached hydrogen (secondary N) is 1.